The third-order valence-electron chi connectivity index (χ3n) is 3.77. The van der Waals surface area contributed by atoms with Gasteiger partial charge in [0.05, 0.1) is 28.6 Å². The number of ether oxygens (including phenoxy) is 1. The second-order valence-electron chi connectivity index (χ2n) is 5.12. The van der Waals surface area contributed by atoms with E-state index in [0.29, 0.717) is 24.5 Å². The molecule has 1 saturated heterocycles. The van der Waals surface area contributed by atoms with E-state index in [1.54, 1.807) is 11.3 Å². The lowest BCUT2D eigenvalue weighted by atomic mass is 9.87. The average Bonchev–Trinajstić information content (AvgIpc) is 2.80. The number of hydrogen-bond donors (Lipinski definition) is 0. The summed E-state index contributed by atoms with van der Waals surface area (Å²) in [6.45, 7) is 4.73. The number of rotatable bonds is 3. The molecule has 0 saturated carbocycles. The lowest BCUT2D eigenvalue weighted by Crippen LogP contribution is -2.48. The molecule has 4 nitrogen and oxygen atoms in total. The molecule has 2 heterocycles. The van der Waals surface area contributed by atoms with Crippen molar-refractivity contribution in [1.82, 2.24) is 9.88 Å². The Morgan fingerprint density at radius 2 is 2.16 bits per heavy atom. The Morgan fingerprint density at radius 3 is 2.63 bits per heavy atom. The zero-order valence-electron chi connectivity index (χ0n) is 11.4. The fourth-order valence-electron chi connectivity index (χ4n) is 2.81. The van der Waals surface area contributed by atoms with Crippen molar-refractivity contribution in [3.05, 3.63) is 15.0 Å². The lowest BCUT2D eigenvalue weighted by molar-refractivity contribution is -0.143. The highest BCUT2D eigenvalue weighted by atomic mass is 79.9. The molecular formula is C13H19BrN2O2S. The summed E-state index contributed by atoms with van der Waals surface area (Å²) < 4.78 is 5.85. The van der Waals surface area contributed by atoms with Crippen molar-refractivity contribution in [1.29, 1.82) is 0 Å². The molecule has 1 aliphatic rings. The SMILES string of the molecule is COC(=O)CN1C(C)CC(c2ncc(Br)s2)CC1C. The third kappa shape index (κ3) is 3.55. The molecule has 0 radical (unpaired) electrons. The molecule has 6 heteroatoms. The highest BCUT2D eigenvalue weighted by Crippen LogP contribution is 2.37. The van der Waals surface area contributed by atoms with Crippen molar-refractivity contribution >= 4 is 33.2 Å². The zero-order valence-corrected chi connectivity index (χ0v) is 13.8. The first-order valence-electron chi connectivity index (χ1n) is 6.45. The summed E-state index contributed by atoms with van der Waals surface area (Å²) in [5, 5.41) is 1.20. The van der Waals surface area contributed by atoms with Crippen LogP contribution in [0.4, 0.5) is 0 Å². The van der Waals surface area contributed by atoms with Gasteiger partial charge in [-0.3, -0.25) is 9.69 Å². The Labute approximate surface area is 126 Å². The molecule has 0 aliphatic carbocycles. The summed E-state index contributed by atoms with van der Waals surface area (Å²) in [7, 11) is 1.44. The van der Waals surface area contributed by atoms with Gasteiger partial charge in [-0.25, -0.2) is 4.98 Å². The fourth-order valence-corrected chi connectivity index (χ4v) is 4.18. The molecule has 0 bridgehead atoms. The number of methoxy groups -OCH3 is 1. The minimum atomic E-state index is -0.158. The van der Waals surface area contributed by atoms with Crippen LogP contribution in [0.25, 0.3) is 0 Å². The molecule has 0 aromatic carbocycles. The molecule has 1 aromatic rings. The second-order valence-corrected chi connectivity index (χ2v) is 7.56. The summed E-state index contributed by atoms with van der Waals surface area (Å²) in [4.78, 5) is 18.1. The van der Waals surface area contributed by atoms with Gasteiger partial charge in [-0.1, -0.05) is 0 Å². The molecule has 1 aromatic heterocycles. The quantitative estimate of drug-likeness (QED) is 0.789. The van der Waals surface area contributed by atoms with Gasteiger partial charge in [0.2, 0.25) is 0 Å². The van der Waals surface area contributed by atoms with Crippen molar-refractivity contribution in [2.24, 2.45) is 0 Å². The van der Waals surface area contributed by atoms with E-state index in [4.69, 9.17) is 4.74 Å². The number of carbonyl (C=O) groups excluding carboxylic acids is 1. The molecular weight excluding hydrogens is 328 g/mol. The summed E-state index contributed by atoms with van der Waals surface area (Å²) in [6, 6.07) is 0.742. The Hall–Kier alpha value is -0.460. The number of piperidine rings is 1. The Morgan fingerprint density at radius 1 is 1.53 bits per heavy atom. The van der Waals surface area contributed by atoms with E-state index in [0.717, 1.165) is 16.6 Å². The zero-order chi connectivity index (χ0) is 14.0. The predicted molar refractivity (Wildman–Crippen MR) is 79.4 cm³/mol. The van der Waals surface area contributed by atoms with E-state index in [2.05, 4.69) is 39.7 Å². The Bertz CT molecular complexity index is 440. The number of aromatic nitrogens is 1. The van der Waals surface area contributed by atoms with Crippen LogP contribution in [-0.4, -0.2) is 41.6 Å². The molecule has 2 rings (SSSR count). The maximum atomic E-state index is 11.4. The molecule has 19 heavy (non-hydrogen) atoms. The minimum absolute atomic E-state index is 0.158. The molecule has 2 atom stereocenters. The van der Waals surface area contributed by atoms with Crippen molar-refractivity contribution < 1.29 is 9.53 Å². The van der Waals surface area contributed by atoms with Crippen molar-refractivity contribution in [3.8, 4) is 0 Å². The molecule has 0 amide bonds. The van der Waals surface area contributed by atoms with Crippen LogP contribution in [0.2, 0.25) is 0 Å². The molecule has 0 spiro atoms. The van der Waals surface area contributed by atoms with Crippen LogP contribution in [0.1, 0.15) is 37.6 Å². The van der Waals surface area contributed by atoms with E-state index in [1.165, 1.54) is 12.1 Å². The van der Waals surface area contributed by atoms with Crippen LogP contribution in [0.5, 0.6) is 0 Å². The first-order valence-corrected chi connectivity index (χ1v) is 8.06. The van der Waals surface area contributed by atoms with E-state index in [-0.39, 0.29) is 5.97 Å². The van der Waals surface area contributed by atoms with Crippen LogP contribution in [0.15, 0.2) is 9.98 Å². The number of halogens is 1. The molecule has 2 unspecified atom stereocenters. The number of nitrogens with zero attached hydrogens (tertiary/aromatic N) is 2. The predicted octanol–water partition coefficient (Wildman–Crippen LogP) is 3.04. The van der Waals surface area contributed by atoms with Crippen LogP contribution < -0.4 is 0 Å². The summed E-state index contributed by atoms with van der Waals surface area (Å²) in [5.74, 6) is 0.337. The van der Waals surface area contributed by atoms with Gasteiger partial charge in [0.1, 0.15) is 0 Å². The molecule has 0 N–H and O–H groups in total. The summed E-state index contributed by atoms with van der Waals surface area (Å²) in [6.07, 6.45) is 3.96. The van der Waals surface area contributed by atoms with Gasteiger partial charge in [-0.05, 0) is 42.6 Å². The number of carbonyl (C=O) groups is 1. The number of hydrogen-bond acceptors (Lipinski definition) is 5. The van der Waals surface area contributed by atoms with Gasteiger partial charge in [0.25, 0.3) is 0 Å². The standard InChI is InChI=1S/C13H19BrN2O2S/c1-8-4-10(13-15-6-11(14)19-13)5-9(2)16(8)7-12(17)18-3/h6,8-10H,4-5,7H2,1-3H3. The fraction of sp³-hybridized carbons (Fsp3) is 0.692. The van der Waals surface area contributed by atoms with Gasteiger partial charge in [0.15, 0.2) is 0 Å². The average molecular weight is 347 g/mol. The van der Waals surface area contributed by atoms with Gasteiger partial charge >= 0.3 is 5.97 Å². The van der Waals surface area contributed by atoms with E-state index in [1.807, 2.05) is 6.20 Å². The highest BCUT2D eigenvalue weighted by Gasteiger charge is 2.33. The number of esters is 1. The molecule has 1 aliphatic heterocycles. The lowest BCUT2D eigenvalue weighted by Gasteiger charge is -2.41. The van der Waals surface area contributed by atoms with Crippen LogP contribution >= 0.6 is 27.3 Å². The summed E-state index contributed by atoms with van der Waals surface area (Å²) >= 11 is 5.18. The normalized spacial score (nSPS) is 28.3. The third-order valence-corrected chi connectivity index (χ3v) is 5.41. The second kappa shape index (κ2) is 6.33. The van der Waals surface area contributed by atoms with E-state index in [9.17, 15) is 4.79 Å². The van der Waals surface area contributed by atoms with Crippen molar-refractivity contribution in [2.45, 2.75) is 44.7 Å². The molecule has 106 valence electrons. The van der Waals surface area contributed by atoms with Crippen molar-refractivity contribution in [3.63, 3.8) is 0 Å². The van der Waals surface area contributed by atoms with Crippen LogP contribution in [0, 0.1) is 0 Å². The first kappa shape index (κ1) is 14.9. The van der Waals surface area contributed by atoms with Crippen LogP contribution in [0.3, 0.4) is 0 Å². The molecule has 1 fully saturated rings. The topological polar surface area (TPSA) is 42.4 Å². The smallest absolute Gasteiger partial charge is 0.319 e. The van der Waals surface area contributed by atoms with Crippen LogP contribution in [-0.2, 0) is 9.53 Å². The summed E-state index contributed by atoms with van der Waals surface area (Å²) in [5.41, 5.74) is 0. The first-order chi connectivity index (χ1) is 9.01. The van der Waals surface area contributed by atoms with E-state index >= 15 is 0 Å². The van der Waals surface area contributed by atoms with Crippen molar-refractivity contribution in [2.75, 3.05) is 13.7 Å². The number of likely N-dealkylation sites (tertiary alicyclic amines) is 1. The van der Waals surface area contributed by atoms with E-state index < -0.39 is 0 Å². The maximum absolute atomic E-state index is 11.4. The monoisotopic (exact) mass is 346 g/mol. The minimum Gasteiger partial charge on any atom is -0.468 e. The van der Waals surface area contributed by atoms with Gasteiger partial charge < -0.3 is 4.74 Å². The Balaban J connectivity index is 2.03. The largest absolute Gasteiger partial charge is 0.468 e. The highest BCUT2D eigenvalue weighted by molar-refractivity contribution is 9.11. The van der Waals surface area contributed by atoms with Gasteiger partial charge in [-0.15, -0.1) is 11.3 Å². The van der Waals surface area contributed by atoms with Gasteiger partial charge in [0, 0.05) is 18.0 Å². The number of thiazole rings is 1. The maximum Gasteiger partial charge on any atom is 0.319 e. The Kier molecular flexibility index (Phi) is 4.97. The van der Waals surface area contributed by atoms with Gasteiger partial charge in [-0.2, -0.15) is 0 Å².